The van der Waals surface area contributed by atoms with Gasteiger partial charge in [-0.05, 0) is 48.0 Å². The molecule has 0 N–H and O–H groups in total. The van der Waals surface area contributed by atoms with E-state index in [0.29, 0.717) is 10.6 Å². The maximum Gasteiger partial charge on any atom is 0.363 e. The summed E-state index contributed by atoms with van der Waals surface area (Å²) in [5, 5.41) is 0.613. The number of halogens is 2. The second-order valence-corrected chi connectivity index (χ2v) is 4.83. The second-order valence-electron chi connectivity index (χ2n) is 4.39. The predicted octanol–water partition coefficient (Wildman–Crippen LogP) is 3.82. The molecule has 0 saturated carbocycles. The summed E-state index contributed by atoms with van der Waals surface area (Å²) in [5.74, 6) is -0.731. The zero-order valence-corrected chi connectivity index (χ0v) is 11.5. The Morgan fingerprint density at radius 2 is 1.71 bits per heavy atom. The van der Waals surface area contributed by atoms with Gasteiger partial charge in [0.25, 0.3) is 0 Å². The Kier molecular flexibility index (Phi) is 3.54. The van der Waals surface area contributed by atoms with Crippen LogP contribution < -0.4 is 0 Å². The van der Waals surface area contributed by atoms with Crippen LogP contribution in [0, 0.1) is 5.82 Å². The molecule has 0 radical (unpaired) electrons. The van der Waals surface area contributed by atoms with Crippen molar-refractivity contribution in [1.82, 2.24) is 0 Å². The van der Waals surface area contributed by atoms with Gasteiger partial charge in [0, 0.05) is 10.6 Å². The summed E-state index contributed by atoms with van der Waals surface area (Å²) in [6.45, 7) is 0. The molecular weight excluding hydrogens is 293 g/mol. The molecule has 0 spiro atoms. The Morgan fingerprint density at radius 1 is 1.05 bits per heavy atom. The van der Waals surface area contributed by atoms with Crippen LogP contribution in [0.5, 0.6) is 0 Å². The number of hydrogen-bond donors (Lipinski definition) is 0. The molecule has 104 valence electrons. The minimum absolute atomic E-state index is 0.167. The van der Waals surface area contributed by atoms with Crippen molar-refractivity contribution in [2.75, 3.05) is 0 Å². The molecule has 0 aromatic heterocycles. The van der Waals surface area contributed by atoms with Gasteiger partial charge < -0.3 is 4.74 Å². The van der Waals surface area contributed by atoms with Gasteiger partial charge in [-0.3, -0.25) is 0 Å². The number of carbonyl (C=O) groups is 1. The summed E-state index contributed by atoms with van der Waals surface area (Å²) in [7, 11) is 0. The van der Waals surface area contributed by atoms with Crippen LogP contribution in [-0.2, 0) is 9.53 Å². The molecule has 0 fully saturated rings. The molecule has 2 aromatic rings. The Labute approximate surface area is 125 Å². The standard InChI is InChI=1S/C16H9ClFNO2/c17-12-5-1-10(2-6-12)9-14-16(20)21-15(19-14)11-3-7-13(18)8-4-11/h1-9H/b14-9+. The van der Waals surface area contributed by atoms with E-state index in [1.807, 2.05) is 0 Å². The van der Waals surface area contributed by atoms with E-state index >= 15 is 0 Å². The third-order valence-electron chi connectivity index (χ3n) is 2.89. The number of hydrogen-bond acceptors (Lipinski definition) is 3. The van der Waals surface area contributed by atoms with Crippen LogP contribution in [0.1, 0.15) is 11.1 Å². The lowest BCUT2D eigenvalue weighted by Gasteiger charge is -1.98. The zero-order valence-electron chi connectivity index (χ0n) is 10.7. The minimum Gasteiger partial charge on any atom is -0.402 e. The summed E-state index contributed by atoms with van der Waals surface area (Å²) >= 11 is 5.80. The summed E-state index contributed by atoms with van der Waals surface area (Å²) in [6, 6.07) is 12.6. The van der Waals surface area contributed by atoms with Gasteiger partial charge >= 0.3 is 5.97 Å². The smallest absolute Gasteiger partial charge is 0.363 e. The molecule has 1 aliphatic heterocycles. The molecule has 0 saturated heterocycles. The van der Waals surface area contributed by atoms with Crippen molar-refractivity contribution in [3.05, 3.63) is 76.2 Å². The van der Waals surface area contributed by atoms with E-state index in [-0.39, 0.29) is 17.4 Å². The first kappa shape index (κ1) is 13.5. The highest BCUT2D eigenvalue weighted by Gasteiger charge is 2.24. The van der Waals surface area contributed by atoms with Gasteiger partial charge in [0.15, 0.2) is 5.70 Å². The van der Waals surface area contributed by atoms with Gasteiger partial charge in [0.1, 0.15) is 5.82 Å². The highest BCUT2D eigenvalue weighted by molar-refractivity contribution is 6.30. The third-order valence-corrected chi connectivity index (χ3v) is 3.14. The van der Waals surface area contributed by atoms with Gasteiger partial charge in [0.2, 0.25) is 5.90 Å². The maximum atomic E-state index is 12.9. The molecule has 0 amide bonds. The SMILES string of the molecule is O=C1OC(c2ccc(F)cc2)=N/C1=C/c1ccc(Cl)cc1. The largest absolute Gasteiger partial charge is 0.402 e. The molecule has 0 aliphatic carbocycles. The summed E-state index contributed by atoms with van der Waals surface area (Å²) < 4.78 is 18.0. The van der Waals surface area contributed by atoms with Crippen molar-refractivity contribution in [2.24, 2.45) is 4.99 Å². The molecule has 2 aromatic carbocycles. The number of cyclic esters (lactones) is 1. The van der Waals surface area contributed by atoms with E-state index in [4.69, 9.17) is 16.3 Å². The maximum absolute atomic E-state index is 12.9. The topological polar surface area (TPSA) is 38.7 Å². The summed E-state index contributed by atoms with van der Waals surface area (Å²) in [5.41, 5.74) is 1.52. The van der Waals surface area contributed by atoms with Gasteiger partial charge in [0.05, 0.1) is 0 Å². The van der Waals surface area contributed by atoms with E-state index in [1.54, 1.807) is 30.3 Å². The van der Waals surface area contributed by atoms with Crippen LogP contribution in [0.4, 0.5) is 4.39 Å². The predicted molar refractivity (Wildman–Crippen MR) is 78.5 cm³/mol. The van der Waals surface area contributed by atoms with E-state index in [1.165, 1.54) is 24.3 Å². The van der Waals surface area contributed by atoms with E-state index in [2.05, 4.69) is 4.99 Å². The van der Waals surface area contributed by atoms with Crippen molar-refractivity contribution >= 4 is 29.5 Å². The van der Waals surface area contributed by atoms with Gasteiger partial charge in [-0.2, -0.15) is 0 Å². The van der Waals surface area contributed by atoms with Crippen LogP contribution in [0.3, 0.4) is 0 Å². The lowest BCUT2D eigenvalue weighted by atomic mass is 10.2. The number of nitrogens with zero attached hydrogens (tertiary/aromatic N) is 1. The Bertz CT molecular complexity index is 749. The Hall–Kier alpha value is -2.46. The molecule has 3 nitrogen and oxygen atoms in total. The van der Waals surface area contributed by atoms with E-state index in [0.717, 1.165) is 5.56 Å². The molecule has 0 atom stereocenters. The first-order valence-corrected chi connectivity index (χ1v) is 6.54. The van der Waals surface area contributed by atoms with Crippen LogP contribution in [0.15, 0.2) is 59.2 Å². The quantitative estimate of drug-likeness (QED) is 0.625. The lowest BCUT2D eigenvalue weighted by molar-refractivity contribution is -0.129. The lowest BCUT2D eigenvalue weighted by Crippen LogP contribution is -2.05. The highest BCUT2D eigenvalue weighted by atomic mass is 35.5. The molecule has 0 bridgehead atoms. The average Bonchev–Trinajstić information content (AvgIpc) is 2.83. The number of esters is 1. The summed E-state index contributed by atoms with van der Waals surface area (Å²) in [4.78, 5) is 15.9. The second kappa shape index (κ2) is 5.50. The van der Waals surface area contributed by atoms with E-state index < -0.39 is 5.97 Å². The highest BCUT2D eigenvalue weighted by Crippen LogP contribution is 2.20. The zero-order chi connectivity index (χ0) is 14.8. The molecule has 1 heterocycles. The Morgan fingerprint density at radius 3 is 2.38 bits per heavy atom. The van der Waals surface area contributed by atoms with Crippen LogP contribution in [-0.4, -0.2) is 11.9 Å². The van der Waals surface area contributed by atoms with Gasteiger partial charge in [-0.25, -0.2) is 14.2 Å². The number of ether oxygens (including phenoxy) is 1. The number of carbonyl (C=O) groups excluding carboxylic acids is 1. The summed E-state index contributed by atoms with van der Waals surface area (Å²) in [6.07, 6.45) is 1.61. The first-order chi connectivity index (χ1) is 10.1. The monoisotopic (exact) mass is 301 g/mol. The van der Waals surface area contributed by atoms with Crippen molar-refractivity contribution in [3.63, 3.8) is 0 Å². The normalized spacial score (nSPS) is 16.0. The Balaban J connectivity index is 1.91. The van der Waals surface area contributed by atoms with Crippen LogP contribution in [0.25, 0.3) is 6.08 Å². The van der Waals surface area contributed by atoms with Crippen LogP contribution in [0.2, 0.25) is 5.02 Å². The molecule has 5 heteroatoms. The van der Waals surface area contributed by atoms with Crippen LogP contribution >= 0.6 is 11.6 Å². The fourth-order valence-electron chi connectivity index (χ4n) is 1.84. The molecular formula is C16H9ClFNO2. The van der Waals surface area contributed by atoms with Gasteiger partial charge in [-0.15, -0.1) is 0 Å². The molecule has 1 aliphatic rings. The molecule has 0 unspecified atom stereocenters. The van der Waals surface area contributed by atoms with Crippen molar-refractivity contribution in [1.29, 1.82) is 0 Å². The third kappa shape index (κ3) is 3.01. The first-order valence-electron chi connectivity index (χ1n) is 6.16. The average molecular weight is 302 g/mol. The molecule has 21 heavy (non-hydrogen) atoms. The van der Waals surface area contributed by atoms with Crippen molar-refractivity contribution in [3.8, 4) is 0 Å². The number of benzene rings is 2. The number of rotatable bonds is 2. The molecule has 3 rings (SSSR count). The fourth-order valence-corrected chi connectivity index (χ4v) is 1.97. The van der Waals surface area contributed by atoms with Crippen molar-refractivity contribution in [2.45, 2.75) is 0 Å². The van der Waals surface area contributed by atoms with Gasteiger partial charge in [-0.1, -0.05) is 23.7 Å². The minimum atomic E-state index is -0.538. The number of aliphatic imine (C=N–C) groups is 1. The fraction of sp³-hybridized carbons (Fsp3) is 0. The van der Waals surface area contributed by atoms with E-state index in [9.17, 15) is 9.18 Å². The van der Waals surface area contributed by atoms with Crippen molar-refractivity contribution < 1.29 is 13.9 Å².